The zero-order chi connectivity index (χ0) is 18.8. The molecule has 2 heterocycles. The second kappa shape index (κ2) is 7.07. The van der Waals surface area contributed by atoms with Crippen LogP contribution in [0.2, 0.25) is 0 Å². The first-order valence-corrected chi connectivity index (χ1v) is 8.63. The fourth-order valence-corrected chi connectivity index (χ4v) is 3.22. The summed E-state index contributed by atoms with van der Waals surface area (Å²) >= 11 is 0. The molecule has 0 aliphatic carbocycles. The monoisotopic (exact) mass is 364 g/mol. The lowest BCUT2D eigenvalue weighted by molar-refractivity contribution is -0.115. The third kappa shape index (κ3) is 3.60. The van der Waals surface area contributed by atoms with Crippen LogP contribution in [0.4, 0.5) is 15.8 Å². The summed E-state index contributed by atoms with van der Waals surface area (Å²) in [6, 6.07) is 14.7. The van der Waals surface area contributed by atoms with E-state index in [-0.39, 0.29) is 24.1 Å². The van der Waals surface area contributed by atoms with Crippen molar-refractivity contribution in [1.29, 1.82) is 0 Å². The molecule has 4 rings (SSSR count). The number of anilines is 2. The van der Waals surface area contributed by atoms with Crippen molar-refractivity contribution in [2.45, 2.75) is 12.8 Å². The van der Waals surface area contributed by atoms with E-state index in [4.69, 9.17) is 4.42 Å². The van der Waals surface area contributed by atoms with Gasteiger partial charge in [-0.1, -0.05) is 12.1 Å². The Balaban J connectivity index is 1.45. The van der Waals surface area contributed by atoms with E-state index in [0.29, 0.717) is 24.4 Å². The lowest BCUT2D eigenvalue weighted by Gasteiger charge is -2.16. The van der Waals surface area contributed by atoms with Crippen LogP contribution in [0, 0.1) is 5.82 Å². The van der Waals surface area contributed by atoms with E-state index in [2.05, 4.69) is 5.32 Å². The quantitative estimate of drug-likeness (QED) is 0.766. The molecule has 2 aromatic carbocycles. The Bertz CT molecular complexity index is 981. The number of halogens is 1. The van der Waals surface area contributed by atoms with Crippen molar-refractivity contribution in [1.82, 2.24) is 0 Å². The van der Waals surface area contributed by atoms with Gasteiger partial charge in [-0.25, -0.2) is 4.39 Å². The van der Waals surface area contributed by atoms with Crippen molar-refractivity contribution < 1.29 is 18.4 Å². The molecule has 0 saturated heterocycles. The van der Waals surface area contributed by atoms with Crippen molar-refractivity contribution in [3.05, 3.63) is 83.6 Å². The molecule has 1 N–H and O–H groups in total. The highest BCUT2D eigenvalue weighted by atomic mass is 19.1. The maximum absolute atomic E-state index is 12.9. The second-order valence-electron chi connectivity index (χ2n) is 6.38. The molecule has 0 saturated carbocycles. The van der Waals surface area contributed by atoms with Gasteiger partial charge in [-0.3, -0.25) is 9.59 Å². The number of nitrogens with zero attached hydrogens (tertiary/aromatic N) is 1. The van der Waals surface area contributed by atoms with E-state index in [0.717, 1.165) is 16.8 Å². The molecule has 1 aliphatic rings. The number of nitrogens with one attached hydrogen (secondary N) is 1. The summed E-state index contributed by atoms with van der Waals surface area (Å²) in [7, 11) is 0. The lowest BCUT2D eigenvalue weighted by Crippen LogP contribution is -2.28. The van der Waals surface area contributed by atoms with Gasteiger partial charge in [0.2, 0.25) is 5.91 Å². The number of fused-ring (bicyclic) bond motifs is 1. The topological polar surface area (TPSA) is 62.6 Å². The van der Waals surface area contributed by atoms with Crippen LogP contribution in [-0.2, 0) is 17.6 Å². The van der Waals surface area contributed by atoms with Crippen molar-refractivity contribution in [3.63, 3.8) is 0 Å². The highest BCUT2D eigenvalue weighted by molar-refractivity contribution is 6.05. The van der Waals surface area contributed by atoms with Gasteiger partial charge in [0.05, 0.1) is 12.7 Å². The molecule has 0 atom stereocenters. The predicted octanol–water partition coefficient (Wildman–Crippen LogP) is 3.80. The highest BCUT2D eigenvalue weighted by Crippen LogP contribution is 2.31. The Labute approximate surface area is 155 Å². The second-order valence-corrected chi connectivity index (χ2v) is 6.38. The van der Waals surface area contributed by atoms with Gasteiger partial charge < -0.3 is 14.6 Å². The summed E-state index contributed by atoms with van der Waals surface area (Å²) in [6.45, 7) is 0.571. The van der Waals surface area contributed by atoms with Gasteiger partial charge in [0.1, 0.15) is 5.82 Å². The van der Waals surface area contributed by atoms with E-state index < -0.39 is 0 Å². The zero-order valence-corrected chi connectivity index (χ0v) is 14.4. The smallest absolute Gasteiger partial charge is 0.293 e. The van der Waals surface area contributed by atoms with Crippen molar-refractivity contribution in [2.75, 3.05) is 16.8 Å². The van der Waals surface area contributed by atoms with Gasteiger partial charge in [-0.2, -0.15) is 0 Å². The van der Waals surface area contributed by atoms with E-state index in [1.807, 2.05) is 12.1 Å². The molecule has 3 aromatic rings. The molecule has 0 spiro atoms. The Kier molecular flexibility index (Phi) is 4.46. The zero-order valence-electron chi connectivity index (χ0n) is 14.4. The molecule has 1 aliphatic heterocycles. The summed E-state index contributed by atoms with van der Waals surface area (Å²) in [5, 5.41) is 2.85. The minimum atomic E-state index is -0.327. The molecule has 5 nitrogen and oxygen atoms in total. The standard InChI is InChI=1S/C21H17FN2O3/c22-16-5-3-14(4-6-16)12-20(25)23-17-7-8-18-15(13-17)9-10-24(18)21(26)19-2-1-11-27-19/h1-8,11,13H,9-10,12H2,(H,23,25). The number of carbonyl (C=O) groups is 2. The van der Waals surface area contributed by atoms with Crippen molar-refractivity contribution in [2.24, 2.45) is 0 Å². The van der Waals surface area contributed by atoms with E-state index in [1.54, 1.807) is 35.2 Å². The first-order chi connectivity index (χ1) is 13.1. The average molecular weight is 364 g/mol. The van der Waals surface area contributed by atoms with Crippen LogP contribution in [0.1, 0.15) is 21.7 Å². The Morgan fingerprint density at radius 2 is 1.93 bits per heavy atom. The van der Waals surface area contributed by atoms with Crippen LogP contribution in [-0.4, -0.2) is 18.4 Å². The maximum atomic E-state index is 12.9. The number of hydrogen-bond donors (Lipinski definition) is 1. The van der Waals surface area contributed by atoms with Crippen LogP contribution in [0.15, 0.2) is 65.3 Å². The fourth-order valence-electron chi connectivity index (χ4n) is 3.22. The molecule has 0 bridgehead atoms. The van der Waals surface area contributed by atoms with Gasteiger partial charge in [-0.15, -0.1) is 0 Å². The van der Waals surface area contributed by atoms with Crippen LogP contribution in [0.3, 0.4) is 0 Å². The Morgan fingerprint density at radius 3 is 2.67 bits per heavy atom. The first-order valence-electron chi connectivity index (χ1n) is 8.63. The first kappa shape index (κ1) is 17.0. The van der Waals surface area contributed by atoms with Crippen molar-refractivity contribution >= 4 is 23.2 Å². The van der Waals surface area contributed by atoms with E-state index in [9.17, 15) is 14.0 Å². The fraction of sp³-hybridized carbons (Fsp3) is 0.143. The molecule has 1 aromatic heterocycles. The number of hydrogen-bond acceptors (Lipinski definition) is 3. The lowest BCUT2D eigenvalue weighted by atomic mass is 10.1. The van der Waals surface area contributed by atoms with Crippen LogP contribution in [0.25, 0.3) is 0 Å². The minimum absolute atomic E-state index is 0.167. The van der Waals surface area contributed by atoms with Gasteiger partial charge in [0.25, 0.3) is 5.91 Å². The van der Waals surface area contributed by atoms with Crippen LogP contribution >= 0.6 is 0 Å². The number of rotatable bonds is 4. The number of furan rings is 1. The third-order valence-electron chi connectivity index (χ3n) is 4.51. The normalized spacial score (nSPS) is 12.7. The molecular weight excluding hydrogens is 347 g/mol. The molecule has 6 heteroatoms. The predicted molar refractivity (Wildman–Crippen MR) is 99.3 cm³/mol. The van der Waals surface area contributed by atoms with E-state index in [1.165, 1.54) is 18.4 Å². The Morgan fingerprint density at radius 1 is 1.11 bits per heavy atom. The summed E-state index contributed by atoms with van der Waals surface area (Å²) < 4.78 is 18.1. The number of amides is 2. The molecule has 27 heavy (non-hydrogen) atoms. The summed E-state index contributed by atoms with van der Waals surface area (Å²) in [5.74, 6) is -0.374. The Hall–Kier alpha value is -3.41. The molecule has 0 fully saturated rings. The number of benzene rings is 2. The van der Waals surface area contributed by atoms with Gasteiger partial charge >= 0.3 is 0 Å². The maximum Gasteiger partial charge on any atom is 0.293 e. The minimum Gasteiger partial charge on any atom is -0.459 e. The highest BCUT2D eigenvalue weighted by Gasteiger charge is 2.27. The van der Waals surface area contributed by atoms with E-state index >= 15 is 0 Å². The molecule has 0 radical (unpaired) electrons. The summed E-state index contributed by atoms with van der Waals surface area (Å²) in [4.78, 5) is 26.4. The molecule has 0 unspecified atom stereocenters. The van der Waals surface area contributed by atoms with Crippen molar-refractivity contribution in [3.8, 4) is 0 Å². The number of carbonyl (C=O) groups excluding carboxylic acids is 2. The van der Waals surface area contributed by atoms with Crippen LogP contribution < -0.4 is 10.2 Å². The van der Waals surface area contributed by atoms with Crippen LogP contribution in [0.5, 0.6) is 0 Å². The summed E-state index contributed by atoms with van der Waals surface area (Å²) in [5.41, 5.74) is 3.24. The SMILES string of the molecule is O=C(Cc1ccc(F)cc1)Nc1ccc2c(c1)CCN2C(=O)c1ccco1. The molecule has 136 valence electrons. The molecule has 2 amide bonds. The largest absolute Gasteiger partial charge is 0.459 e. The summed E-state index contributed by atoms with van der Waals surface area (Å²) in [6.07, 6.45) is 2.36. The van der Waals surface area contributed by atoms with Gasteiger partial charge in [0.15, 0.2) is 5.76 Å². The average Bonchev–Trinajstić information content (AvgIpc) is 3.32. The molecular formula is C21H17FN2O3. The van der Waals surface area contributed by atoms with Gasteiger partial charge in [0, 0.05) is 17.9 Å². The third-order valence-corrected chi connectivity index (χ3v) is 4.51. The van der Waals surface area contributed by atoms with Gasteiger partial charge in [-0.05, 0) is 60.0 Å².